The van der Waals surface area contributed by atoms with E-state index >= 15 is 0 Å². The van der Waals surface area contributed by atoms with Crippen molar-refractivity contribution in [3.63, 3.8) is 0 Å². The summed E-state index contributed by atoms with van der Waals surface area (Å²) >= 11 is 3.38. The summed E-state index contributed by atoms with van der Waals surface area (Å²) in [6.07, 6.45) is 5.53. The summed E-state index contributed by atoms with van der Waals surface area (Å²) in [7, 11) is 1.77. The van der Waals surface area contributed by atoms with Crippen LogP contribution < -0.4 is 0 Å². The van der Waals surface area contributed by atoms with E-state index in [4.69, 9.17) is 4.74 Å². The van der Waals surface area contributed by atoms with Gasteiger partial charge in [-0.2, -0.15) is 0 Å². The van der Waals surface area contributed by atoms with Gasteiger partial charge in [-0.1, -0.05) is 0 Å². The number of hydrogen-bond donors (Lipinski definition) is 1. The summed E-state index contributed by atoms with van der Waals surface area (Å²) in [5, 5.41) is 0. The molecule has 78 valence electrons. The van der Waals surface area contributed by atoms with Gasteiger partial charge in [0.15, 0.2) is 0 Å². The number of imidazole rings is 1. The molecule has 0 amide bonds. The molecule has 1 aliphatic carbocycles. The van der Waals surface area contributed by atoms with Crippen LogP contribution in [-0.2, 0) is 4.74 Å². The van der Waals surface area contributed by atoms with Gasteiger partial charge in [0.25, 0.3) is 0 Å². The molecule has 1 heterocycles. The minimum Gasteiger partial charge on any atom is -0.384 e. The van der Waals surface area contributed by atoms with Crippen molar-refractivity contribution < 1.29 is 4.74 Å². The number of H-pyrrole nitrogens is 1. The lowest BCUT2D eigenvalue weighted by Gasteiger charge is -2.08. The van der Waals surface area contributed by atoms with Crippen molar-refractivity contribution in [3.05, 3.63) is 16.6 Å². The molecule has 0 saturated heterocycles. The lowest BCUT2D eigenvalue weighted by molar-refractivity contribution is 0.154. The first kappa shape index (κ1) is 10.2. The van der Waals surface area contributed by atoms with Crippen LogP contribution in [0, 0.1) is 5.92 Å². The molecule has 1 aromatic rings. The number of ether oxygens (including phenoxy) is 1. The van der Waals surface area contributed by atoms with E-state index in [9.17, 15) is 0 Å². The van der Waals surface area contributed by atoms with Gasteiger partial charge >= 0.3 is 0 Å². The highest BCUT2D eigenvalue weighted by Crippen LogP contribution is 2.37. The van der Waals surface area contributed by atoms with Crippen molar-refractivity contribution >= 4 is 15.9 Å². The van der Waals surface area contributed by atoms with E-state index in [0.29, 0.717) is 11.8 Å². The van der Waals surface area contributed by atoms with Gasteiger partial charge in [0.1, 0.15) is 10.4 Å². The van der Waals surface area contributed by atoms with Gasteiger partial charge in [-0.05, 0) is 41.1 Å². The molecule has 0 spiro atoms. The molecule has 2 rings (SSSR count). The number of nitrogens with zero attached hydrogens (tertiary/aromatic N) is 1. The van der Waals surface area contributed by atoms with Crippen molar-refractivity contribution in [2.24, 2.45) is 5.92 Å². The summed E-state index contributed by atoms with van der Waals surface area (Å²) in [6.45, 7) is 0.887. The predicted molar refractivity (Wildman–Crippen MR) is 58.2 cm³/mol. The van der Waals surface area contributed by atoms with Crippen LogP contribution in [-0.4, -0.2) is 23.7 Å². The van der Waals surface area contributed by atoms with Crippen LogP contribution in [0.1, 0.15) is 31.0 Å². The predicted octanol–water partition coefficient (Wildman–Crippen LogP) is 2.70. The zero-order valence-corrected chi connectivity index (χ0v) is 9.88. The molecule has 0 aliphatic heterocycles. The Hall–Kier alpha value is -0.350. The lowest BCUT2D eigenvalue weighted by Crippen LogP contribution is -2.04. The molecule has 2 atom stereocenters. The third-order valence-corrected chi connectivity index (χ3v) is 3.30. The molecule has 1 fully saturated rings. The van der Waals surface area contributed by atoms with Gasteiger partial charge in [-0.3, -0.25) is 0 Å². The number of aromatic amines is 1. The largest absolute Gasteiger partial charge is 0.384 e. The third-order valence-electron chi connectivity index (χ3n) is 2.89. The van der Waals surface area contributed by atoms with Crippen molar-refractivity contribution in [1.29, 1.82) is 0 Å². The zero-order chi connectivity index (χ0) is 9.97. The highest BCUT2D eigenvalue weighted by atomic mass is 79.9. The summed E-state index contributed by atoms with van der Waals surface area (Å²) in [5.74, 6) is 2.44. The first-order valence-electron chi connectivity index (χ1n) is 4.99. The minimum atomic E-state index is 0.599. The normalized spacial score (nSPS) is 27.0. The first-order chi connectivity index (χ1) is 6.79. The maximum absolute atomic E-state index is 5.18. The number of aromatic nitrogens is 2. The topological polar surface area (TPSA) is 37.9 Å². The molecule has 1 aromatic heterocycles. The fourth-order valence-corrected chi connectivity index (χ4v) is 2.54. The van der Waals surface area contributed by atoms with Crippen LogP contribution in [0.3, 0.4) is 0 Å². The number of hydrogen-bond acceptors (Lipinski definition) is 2. The maximum atomic E-state index is 5.18. The molecule has 1 N–H and O–H groups in total. The molecule has 0 radical (unpaired) electrons. The fourth-order valence-electron chi connectivity index (χ4n) is 2.23. The van der Waals surface area contributed by atoms with Crippen LogP contribution in [0.5, 0.6) is 0 Å². The van der Waals surface area contributed by atoms with Crippen LogP contribution in [0.25, 0.3) is 0 Å². The van der Waals surface area contributed by atoms with Gasteiger partial charge in [0.05, 0.1) is 6.20 Å². The third kappa shape index (κ3) is 2.17. The Morgan fingerprint density at radius 1 is 1.64 bits per heavy atom. The second kappa shape index (κ2) is 4.45. The van der Waals surface area contributed by atoms with Crippen molar-refractivity contribution in [2.45, 2.75) is 25.2 Å². The summed E-state index contributed by atoms with van der Waals surface area (Å²) < 4.78 is 6.15. The number of methoxy groups -OCH3 is 1. The van der Waals surface area contributed by atoms with Crippen molar-refractivity contribution in [1.82, 2.24) is 9.97 Å². The molecule has 0 bridgehead atoms. The summed E-state index contributed by atoms with van der Waals surface area (Å²) in [5.41, 5.74) is 0. The van der Waals surface area contributed by atoms with E-state index < -0.39 is 0 Å². The molecule has 0 aromatic carbocycles. The van der Waals surface area contributed by atoms with Crippen molar-refractivity contribution in [2.75, 3.05) is 13.7 Å². The Balaban J connectivity index is 1.95. The Morgan fingerprint density at radius 3 is 3.14 bits per heavy atom. The Morgan fingerprint density at radius 2 is 2.50 bits per heavy atom. The summed E-state index contributed by atoms with van der Waals surface area (Å²) in [4.78, 5) is 7.59. The van der Waals surface area contributed by atoms with E-state index in [1.165, 1.54) is 19.3 Å². The van der Waals surface area contributed by atoms with E-state index in [1.807, 2.05) is 6.20 Å². The molecule has 14 heavy (non-hydrogen) atoms. The second-order valence-corrected chi connectivity index (χ2v) is 4.80. The lowest BCUT2D eigenvalue weighted by atomic mass is 10.1. The average Bonchev–Trinajstić information content (AvgIpc) is 2.74. The molecule has 1 saturated carbocycles. The molecular weight excluding hydrogens is 244 g/mol. The van der Waals surface area contributed by atoms with Gasteiger partial charge in [-0.25, -0.2) is 4.98 Å². The highest BCUT2D eigenvalue weighted by Gasteiger charge is 2.27. The van der Waals surface area contributed by atoms with Crippen LogP contribution in [0.4, 0.5) is 0 Å². The zero-order valence-electron chi connectivity index (χ0n) is 8.29. The molecule has 1 aliphatic rings. The Labute approximate surface area is 92.4 Å². The molecule has 4 heteroatoms. The van der Waals surface area contributed by atoms with Gasteiger partial charge in [0, 0.05) is 19.6 Å². The standard InChI is InChI=1S/C10H15BrN2O/c1-14-6-7-2-3-8(4-7)10-12-5-9(11)13-10/h5,7-8H,2-4,6H2,1H3,(H,12,13)/t7-,8+/m1/s1. The molecule has 0 unspecified atom stereocenters. The maximum Gasteiger partial charge on any atom is 0.110 e. The van der Waals surface area contributed by atoms with E-state index in [-0.39, 0.29) is 0 Å². The Bertz CT molecular complexity index is 300. The molecular formula is C10H15BrN2O. The SMILES string of the molecule is COC[C@@H]1CC[C@H](c2ncc(Br)[nH]2)C1. The molecule has 3 nitrogen and oxygen atoms in total. The summed E-state index contributed by atoms with van der Waals surface area (Å²) in [6, 6.07) is 0. The van der Waals surface area contributed by atoms with Gasteiger partial charge in [-0.15, -0.1) is 0 Å². The smallest absolute Gasteiger partial charge is 0.110 e. The van der Waals surface area contributed by atoms with Crippen LogP contribution in [0.2, 0.25) is 0 Å². The van der Waals surface area contributed by atoms with E-state index in [0.717, 1.165) is 17.0 Å². The average molecular weight is 259 g/mol. The second-order valence-electron chi connectivity index (χ2n) is 3.95. The highest BCUT2D eigenvalue weighted by molar-refractivity contribution is 9.10. The van der Waals surface area contributed by atoms with Crippen molar-refractivity contribution in [3.8, 4) is 0 Å². The monoisotopic (exact) mass is 258 g/mol. The van der Waals surface area contributed by atoms with Crippen LogP contribution in [0.15, 0.2) is 10.8 Å². The van der Waals surface area contributed by atoms with E-state index in [2.05, 4.69) is 25.9 Å². The van der Waals surface area contributed by atoms with Gasteiger partial charge in [0.2, 0.25) is 0 Å². The quantitative estimate of drug-likeness (QED) is 0.906. The number of halogens is 1. The minimum absolute atomic E-state index is 0.599. The number of rotatable bonds is 3. The Kier molecular flexibility index (Phi) is 3.23. The van der Waals surface area contributed by atoms with Crippen LogP contribution >= 0.6 is 15.9 Å². The first-order valence-corrected chi connectivity index (χ1v) is 5.78. The van der Waals surface area contributed by atoms with Gasteiger partial charge < -0.3 is 9.72 Å². The fraction of sp³-hybridized carbons (Fsp3) is 0.700. The van der Waals surface area contributed by atoms with E-state index in [1.54, 1.807) is 7.11 Å². The number of nitrogens with one attached hydrogen (secondary N) is 1.